The second-order valence-corrected chi connectivity index (χ2v) is 6.79. The van der Waals surface area contributed by atoms with Crippen molar-refractivity contribution in [2.24, 2.45) is 0 Å². The minimum absolute atomic E-state index is 0.0966. The Kier molecular flexibility index (Phi) is 5.39. The Morgan fingerprint density at radius 3 is 2.29 bits per heavy atom. The third-order valence-electron chi connectivity index (χ3n) is 3.61. The van der Waals surface area contributed by atoms with E-state index in [0.717, 1.165) is 5.56 Å². The van der Waals surface area contributed by atoms with Crippen LogP contribution in [0.1, 0.15) is 49.2 Å². The van der Waals surface area contributed by atoms with Gasteiger partial charge in [0.25, 0.3) is 0 Å². The van der Waals surface area contributed by atoms with Gasteiger partial charge in [0.1, 0.15) is 6.61 Å². The summed E-state index contributed by atoms with van der Waals surface area (Å²) in [7, 11) is 0. The Bertz CT molecular complexity index is 727. The zero-order valence-electron chi connectivity index (χ0n) is 14.6. The summed E-state index contributed by atoms with van der Waals surface area (Å²) in [6, 6.07) is 14.8. The lowest BCUT2D eigenvalue weighted by atomic mass is 9.87. The van der Waals surface area contributed by atoms with Crippen molar-refractivity contribution in [1.29, 1.82) is 0 Å². The van der Waals surface area contributed by atoms with Gasteiger partial charge in [-0.05, 0) is 34.7 Å². The average Bonchev–Trinajstić information content (AvgIpc) is 2.52. The zero-order chi connectivity index (χ0) is 17.7. The molecule has 0 heterocycles. The number of hydrogen-bond donors (Lipinski definition) is 1. The van der Waals surface area contributed by atoms with Crippen molar-refractivity contribution < 1.29 is 14.3 Å². The molecule has 1 N–H and O–H groups in total. The standard InChI is InChI=1S/C20H23NO3/c1-14(22)21-18-7-5-6-16(12-18)19(23)24-13-15-8-10-17(11-9-15)20(2,3)4/h5-12H,13H2,1-4H3,(H,21,22). The van der Waals surface area contributed by atoms with Crippen LogP contribution in [-0.4, -0.2) is 11.9 Å². The molecule has 0 radical (unpaired) electrons. The third kappa shape index (κ3) is 4.95. The summed E-state index contributed by atoms with van der Waals surface area (Å²) in [6.45, 7) is 8.11. The summed E-state index contributed by atoms with van der Waals surface area (Å²) in [5.74, 6) is -0.596. The van der Waals surface area contributed by atoms with Crippen molar-refractivity contribution in [2.45, 2.75) is 39.7 Å². The van der Waals surface area contributed by atoms with Gasteiger partial charge in [-0.25, -0.2) is 4.79 Å². The van der Waals surface area contributed by atoms with Crippen molar-refractivity contribution in [3.05, 3.63) is 65.2 Å². The topological polar surface area (TPSA) is 55.4 Å². The van der Waals surface area contributed by atoms with E-state index in [2.05, 4.69) is 38.2 Å². The van der Waals surface area contributed by atoms with Gasteiger partial charge in [0.05, 0.1) is 5.56 Å². The highest BCUT2D eigenvalue weighted by atomic mass is 16.5. The molecule has 126 valence electrons. The number of ether oxygens (including phenoxy) is 1. The maximum Gasteiger partial charge on any atom is 0.338 e. The van der Waals surface area contributed by atoms with Crippen molar-refractivity contribution >= 4 is 17.6 Å². The van der Waals surface area contributed by atoms with Crippen LogP contribution in [0.2, 0.25) is 0 Å². The Morgan fingerprint density at radius 1 is 1.04 bits per heavy atom. The minimum atomic E-state index is -0.415. The van der Waals surface area contributed by atoms with Crippen LogP contribution in [0.25, 0.3) is 0 Å². The maximum atomic E-state index is 12.1. The first kappa shape index (κ1) is 17.7. The smallest absolute Gasteiger partial charge is 0.338 e. The molecule has 0 aliphatic heterocycles. The van der Waals surface area contributed by atoms with Crippen LogP contribution in [0.5, 0.6) is 0 Å². The molecule has 0 aliphatic rings. The highest BCUT2D eigenvalue weighted by Crippen LogP contribution is 2.22. The third-order valence-corrected chi connectivity index (χ3v) is 3.61. The molecule has 0 fully saturated rings. The van der Waals surface area contributed by atoms with Crippen LogP contribution in [0, 0.1) is 0 Å². The predicted molar refractivity (Wildman–Crippen MR) is 95.0 cm³/mol. The molecular weight excluding hydrogens is 302 g/mol. The molecule has 0 aromatic heterocycles. The number of benzene rings is 2. The van der Waals surface area contributed by atoms with E-state index in [1.807, 2.05) is 12.1 Å². The Morgan fingerprint density at radius 2 is 1.71 bits per heavy atom. The molecule has 0 unspecified atom stereocenters. The first-order chi connectivity index (χ1) is 11.3. The monoisotopic (exact) mass is 325 g/mol. The van der Waals surface area contributed by atoms with Gasteiger partial charge < -0.3 is 10.1 Å². The highest BCUT2D eigenvalue weighted by Gasteiger charge is 2.13. The number of carbonyl (C=O) groups excluding carboxylic acids is 2. The Balaban J connectivity index is 1.99. The number of amides is 1. The summed E-state index contributed by atoms with van der Waals surface area (Å²) in [5, 5.41) is 2.65. The first-order valence-electron chi connectivity index (χ1n) is 7.90. The molecule has 2 aromatic rings. The fourth-order valence-corrected chi connectivity index (χ4v) is 2.26. The van der Waals surface area contributed by atoms with E-state index in [1.54, 1.807) is 24.3 Å². The van der Waals surface area contributed by atoms with E-state index in [9.17, 15) is 9.59 Å². The lowest BCUT2D eigenvalue weighted by molar-refractivity contribution is -0.114. The number of rotatable bonds is 4. The average molecular weight is 325 g/mol. The molecule has 0 bridgehead atoms. The molecule has 4 heteroatoms. The molecule has 4 nitrogen and oxygen atoms in total. The van der Waals surface area contributed by atoms with Gasteiger partial charge in [-0.2, -0.15) is 0 Å². The number of nitrogens with one attached hydrogen (secondary N) is 1. The van der Waals surface area contributed by atoms with Gasteiger partial charge >= 0.3 is 5.97 Å². The van der Waals surface area contributed by atoms with E-state index >= 15 is 0 Å². The number of anilines is 1. The summed E-state index contributed by atoms with van der Waals surface area (Å²) in [4.78, 5) is 23.2. The SMILES string of the molecule is CC(=O)Nc1cccc(C(=O)OCc2ccc(C(C)(C)C)cc2)c1. The van der Waals surface area contributed by atoms with Gasteiger partial charge in [0, 0.05) is 12.6 Å². The number of hydrogen-bond acceptors (Lipinski definition) is 3. The van der Waals surface area contributed by atoms with Crippen molar-refractivity contribution in [2.75, 3.05) is 5.32 Å². The van der Waals surface area contributed by atoms with Crippen molar-refractivity contribution in [3.63, 3.8) is 0 Å². The molecule has 2 aromatic carbocycles. The van der Waals surface area contributed by atoms with Crippen LogP contribution in [0.15, 0.2) is 48.5 Å². The molecule has 0 atom stereocenters. The van der Waals surface area contributed by atoms with Gasteiger partial charge in [-0.1, -0.05) is 51.1 Å². The molecule has 1 amide bonds. The van der Waals surface area contributed by atoms with Crippen LogP contribution in [0.4, 0.5) is 5.69 Å². The molecular formula is C20H23NO3. The summed E-state index contributed by atoms with van der Waals surface area (Å²) < 4.78 is 5.35. The second-order valence-electron chi connectivity index (χ2n) is 6.79. The van der Waals surface area contributed by atoms with Crippen LogP contribution >= 0.6 is 0 Å². The Hall–Kier alpha value is -2.62. The number of esters is 1. The van der Waals surface area contributed by atoms with Gasteiger partial charge in [-0.15, -0.1) is 0 Å². The van der Waals surface area contributed by atoms with Gasteiger partial charge in [0.15, 0.2) is 0 Å². The highest BCUT2D eigenvalue weighted by molar-refractivity contribution is 5.93. The normalized spacial score (nSPS) is 11.0. The van der Waals surface area contributed by atoms with Crippen LogP contribution in [-0.2, 0) is 21.6 Å². The fourth-order valence-electron chi connectivity index (χ4n) is 2.26. The molecule has 0 saturated carbocycles. The number of carbonyl (C=O) groups is 2. The summed E-state index contributed by atoms with van der Waals surface area (Å²) in [6.07, 6.45) is 0. The summed E-state index contributed by atoms with van der Waals surface area (Å²) >= 11 is 0. The molecule has 0 saturated heterocycles. The van der Waals surface area contributed by atoms with E-state index in [0.29, 0.717) is 11.3 Å². The Labute approximate surface area is 142 Å². The van der Waals surface area contributed by atoms with E-state index in [1.165, 1.54) is 12.5 Å². The molecule has 24 heavy (non-hydrogen) atoms. The zero-order valence-corrected chi connectivity index (χ0v) is 14.6. The lowest BCUT2D eigenvalue weighted by Gasteiger charge is -2.19. The van der Waals surface area contributed by atoms with Crippen molar-refractivity contribution in [1.82, 2.24) is 0 Å². The van der Waals surface area contributed by atoms with Crippen LogP contribution in [0.3, 0.4) is 0 Å². The van der Waals surface area contributed by atoms with Gasteiger partial charge in [0.2, 0.25) is 5.91 Å². The van der Waals surface area contributed by atoms with E-state index in [-0.39, 0.29) is 17.9 Å². The first-order valence-corrected chi connectivity index (χ1v) is 7.90. The van der Waals surface area contributed by atoms with Crippen LogP contribution < -0.4 is 5.32 Å². The van der Waals surface area contributed by atoms with Gasteiger partial charge in [-0.3, -0.25) is 4.79 Å². The summed E-state index contributed by atoms with van der Waals surface area (Å²) in [5.41, 5.74) is 3.26. The van der Waals surface area contributed by atoms with Crippen molar-refractivity contribution in [3.8, 4) is 0 Å². The minimum Gasteiger partial charge on any atom is -0.457 e. The fraction of sp³-hybridized carbons (Fsp3) is 0.300. The van der Waals surface area contributed by atoms with E-state index < -0.39 is 5.97 Å². The largest absolute Gasteiger partial charge is 0.457 e. The quantitative estimate of drug-likeness (QED) is 0.853. The molecule has 0 spiro atoms. The molecule has 2 rings (SSSR count). The second kappa shape index (κ2) is 7.30. The lowest BCUT2D eigenvalue weighted by Crippen LogP contribution is -2.11. The maximum absolute atomic E-state index is 12.1. The molecule has 0 aliphatic carbocycles. The van der Waals surface area contributed by atoms with E-state index in [4.69, 9.17) is 4.74 Å². The predicted octanol–water partition coefficient (Wildman–Crippen LogP) is 4.30.